The topological polar surface area (TPSA) is 40.5 Å². The fourth-order valence-electron chi connectivity index (χ4n) is 0.756. The molecule has 2 heteroatoms. The summed E-state index contributed by atoms with van der Waals surface area (Å²) in [6.07, 6.45) is 0.557. The van der Waals surface area contributed by atoms with Crippen molar-refractivity contribution >= 4 is 0 Å². The summed E-state index contributed by atoms with van der Waals surface area (Å²) in [5, 5.41) is 18.0. The fourth-order valence-corrected chi connectivity index (χ4v) is 0.756. The molecule has 0 aliphatic heterocycles. The zero-order valence-electron chi connectivity index (χ0n) is 6.09. The monoisotopic (exact) mass is 131 g/mol. The molecule has 0 spiro atoms. The SMILES string of the molecule is [CH2]CC(O)(O)CC(C)C. The van der Waals surface area contributed by atoms with E-state index in [0.717, 1.165) is 0 Å². The summed E-state index contributed by atoms with van der Waals surface area (Å²) in [5.41, 5.74) is 0. The van der Waals surface area contributed by atoms with Gasteiger partial charge in [-0.25, -0.2) is 0 Å². The maximum absolute atomic E-state index is 8.99. The fraction of sp³-hybridized carbons (Fsp3) is 0.857. The van der Waals surface area contributed by atoms with Crippen molar-refractivity contribution < 1.29 is 10.2 Å². The number of aliphatic hydroxyl groups is 2. The highest BCUT2D eigenvalue weighted by Crippen LogP contribution is 2.15. The van der Waals surface area contributed by atoms with Crippen LogP contribution in [0.25, 0.3) is 0 Å². The summed E-state index contributed by atoms with van der Waals surface area (Å²) < 4.78 is 0. The van der Waals surface area contributed by atoms with Crippen LogP contribution >= 0.6 is 0 Å². The summed E-state index contributed by atoms with van der Waals surface area (Å²) in [6.45, 7) is 7.29. The van der Waals surface area contributed by atoms with E-state index in [1.165, 1.54) is 0 Å². The second-order valence-electron chi connectivity index (χ2n) is 2.83. The van der Waals surface area contributed by atoms with Gasteiger partial charge in [0.2, 0.25) is 0 Å². The Balaban J connectivity index is 3.58. The molecule has 0 saturated heterocycles. The lowest BCUT2D eigenvalue weighted by Crippen LogP contribution is -2.28. The molecule has 1 radical (unpaired) electrons. The second kappa shape index (κ2) is 3.18. The van der Waals surface area contributed by atoms with Crippen LogP contribution < -0.4 is 0 Å². The lowest BCUT2D eigenvalue weighted by atomic mass is 10.0. The van der Waals surface area contributed by atoms with Gasteiger partial charge < -0.3 is 10.2 Å². The van der Waals surface area contributed by atoms with Gasteiger partial charge >= 0.3 is 0 Å². The molecule has 0 bridgehead atoms. The second-order valence-corrected chi connectivity index (χ2v) is 2.83. The molecule has 55 valence electrons. The van der Waals surface area contributed by atoms with Crippen LogP contribution in [0.2, 0.25) is 0 Å². The quantitative estimate of drug-likeness (QED) is 0.559. The number of hydrogen-bond donors (Lipinski definition) is 2. The number of rotatable bonds is 3. The molecule has 0 amide bonds. The van der Waals surface area contributed by atoms with Crippen molar-refractivity contribution in [3.05, 3.63) is 6.92 Å². The summed E-state index contributed by atoms with van der Waals surface area (Å²) in [4.78, 5) is 0. The largest absolute Gasteiger partial charge is 0.366 e. The lowest BCUT2D eigenvalue weighted by Gasteiger charge is -2.21. The highest BCUT2D eigenvalue weighted by Gasteiger charge is 2.20. The van der Waals surface area contributed by atoms with E-state index in [2.05, 4.69) is 6.92 Å². The Morgan fingerprint density at radius 1 is 1.44 bits per heavy atom. The first-order valence-corrected chi connectivity index (χ1v) is 3.22. The van der Waals surface area contributed by atoms with Crippen LogP contribution in [-0.4, -0.2) is 16.0 Å². The van der Waals surface area contributed by atoms with E-state index in [-0.39, 0.29) is 6.42 Å². The van der Waals surface area contributed by atoms with Gasteiger partial charge in [-0.3, -0.25) is 0 Å². The van der Waals surface area contributed by atoms with Gasteiger partial charge in [-0.2, -0.15) is 0 Å². The van der Waals surface area contributed by atoms with E-state index in [0.29, 0.717) is 12.3 Å². The van der Waals surface area contributed by atoms with Gasteiger partial charge in [0.1, 0.15) is 0 Å². The Morgan fingerprint density at radius 2 is 1.89 bits per heavy atom. The molecule has 0 aromatic rings. The summed E-state index contributed by atoms with van der Waals surface area (Å²) in [6, 6.07) is 0. The molecule has 0 atom stereocenters. The Labute approximate surface area is 56.5 Å². The first kappa shape index (κ1) is 8.92. The van der Waals surface area contributed by atoms with Crippen LogP contribution in [0.5, 0.6) is 0 Å². The Kier molecular flexibility index (Phi) is 3.15. The van der Waals surface area contributed by atoms with Crippen LogP contribution in [0.4, 0.5) is 0 Å². The van der Waals surface area contributed by atoms with E-state index in [1.54, 1.807) is 0 Å². The number of hydrogen-bond acceptors (Lipinski definition) is 2. The predicted molar refractivity (Wildman–Crippen MR) is 36.6 cm³/mol. The van der Waals surface area contributed by atoms with Crippen LogP contribution in [0.15, 0.2) is 0 Å². The zero-order valence-corrected chi connectivity index (χ0v) is 6.09. The summed E-state index contributed by atoms with van der Waals surface area (Å²) in [7, 11) is 0. The minimum atomic E-state index is -1.55. The molecule has 0 heterocycles. The molecular formula is C7H15O2. The normalized spacial score (nSPS) is 12.7. The van der Waals surface area contributed by atoms with Gasteiger partial charge in [0.25, 0.3) is 0 Å². The molecule has 0 saturated carbocycles. The van der Waals surface area contributed by atoms with Crippen LogP contribution in [0.3, 0.4) is 0 Å². The van der Waals surface area contributed by atoms with E-state index in [4.69, 9.17) is 10.2 Å². The predicted octanol–water partition coefficient (Wildman–Crippen LogP) is 0.938. The third-order valence-electron chi connectivity index (χ3n) is 1.14. The Bertz CT molecular complexity index is 77.0. The maximum Gasteiger partial charge on any atom is 0.162 e. The molecule has 0 unspecified atom stereocenters. The van der Waals surface area contributed by atoms with Gasteiger partial charge in [-0.1, -0.05) is 13.8 Å². The van der Waals surface area contributed by atoms with Crippen molar-refractivity contribution in [3.8, 4) is 0 Å². The molecular weight excluding hydrogens is 116 g/mol. The van der Waals surface area contributed by atoms with Crippen LogP contribution in [0.1, 0.15) is 26.7 Å². The minimum absolute atomic E-state index is 0.158. The molecule has 0 rings (SSSR count). The maximum atomic E-state index is 8.99. The summed E-state index contributed by atoms with van der Waals surface area (Å²) in [5.74, 6) is -1.24. The third-order valence-corrected chi connectivity index (χ3v) is 1.14. The molecule has 2 N–H and O–H groups in total. The highest BCUT2D eigenvalue weighted by molar-refractivity contribution is 4.66. The molecule has 0 aromatic carbocycles. The lowest BCUT2D eigenvalue weighted by molar-refractivity contribution is -0.168. The van der Waals surface area contributed by atoms with Crippen molar-refractivity contribution in [2.24, 2.45) is 5.92 Å². The average Bonchev–Trinajstić information content (AvgIpc) is 1.63. The van der Waals surface area contributed by atoms with Crippen LogP contribution in [0, 0.1) is 12.8 Å². The standard InChI is InChI=1S/C7H15O2/c1-4-7(8,9)5-6(2)3/h6,8-9H,1,4-5H2,2-3H3. The van der Waals surface area contributed by atoms with Crippen molar-refractivity contribution in [1.82, 2.24) is 0 Å². The molecule has 2 nitrogen and oxygen atoms in total. The van der Waals surface area contributed by atoms with Gasteiger partial charge in [-0.05, 0) is 12.8 Å². The van der Waals surface area contributed by atoms with Crippen molar-refractivity contribution in [2.75, 3.05) is 0 Å². The average molecular weight is 131 g/mol. The molecule has 0 aromatic heterocycles. The van der Waals surface area contributed by atoms with Gasteiger partial charge in [0, 0.05) is 12.8 Å². The van der Waals surface area contributed by atoms with E-state index < -0.39 is 5.79 Å². The smallest absolute Gasteiger partial charge is 0.162 e. The minimum Gasteiger partial charge on any atom is -0.366 e. The van der Waals surface area contributed by atoms with E-state index >= 15 is 0 Å². The van der Waals surface area contributed by atoms with Crippen molar-refractivity contribution in [3.63, 3.8) is 0 Å². The van der Waals surface area contributed by atoms with Crippen molar-refractivity contribution in [1.29, 1.82) is 0 Å². The third kappa shape index (κ3) is 4.43. The first-order chi connectivity index (χ1) is 3.98. The zero-order chi connectivity index (χ0) is 7.49. The highest BCUT2D eigenvalue weighted by atomic mass is 16.5. The van der Waals surface area contributed by atoms with E-state index in [1.807, 2.05) is 13.8 Å². The van der Waals surface area contributed by atoms with Gasteiger partial charge in [0.05, 0.1) is 0 Å². The molecule has 9 heavy (non-hydrogen) atoms. The Morgan fingerprint density at radius 3 is 2.00 bits per heavy atom. The van der Waals surface area contributed by atoms with E-state index in [9.17, 15) is 0 Å². The van der Waals surface area contributed by atoms with Gasteiger partial charge in [0.15, 0.2) is 5.79 Å². The molecule has 0 aliphatic rings. The molecule has 0 fully saturated rings. The summed E-state index contributed by atoms with van der Waals surface area (Å²) >= 11 is 0. The Hall–Kier alpha value is -0.0800. The molecule has 0 aliphatic carbocycles. The van der Waals surface area contributed by atoms with Crippen molar-refractivity contribution in [2.45, 2.75) is 32.5 Å². The first-order valence-electron chi connectivity index (χ1n) is 3.22. The van der Waals surface area contributed by atoms with Gasteiger partial charge in [-0.15, -0.1) is 0 Å². The van der Waals surface area contributed by atoms with Crippen LogP contribution in [-0.2, 0) is 0 Å².